The molecule has 0 aliphatic heterocycles. The molecule has 0 unspecified atom stereocenters. The highest BCUT2D eigenvalue weighted by atomic mass is 28.4. The summed E-state index contributed by atoms with van der Waals surface area (Å²) in [7, 11) is -1.35. The van der Waals surface area contributed by atoms with Gasteiger partial charge in [-0.3, -0.25) is 0 Å². The normalized spacial score (nSPS) is 11.8. The van der Waals surface area contributed by atoms with E-state index in [1.54, 1.807) is 18.2 Å². The second-order valence-corrected chi connectivity index (χ2v) is 8.57. The standard InChI is InChI=1S/C20H31FO6Si/c1-5-25-28(26-6-2,27-7-3)15-9-8-14-24-19-16-17(10-12-18(19)21)11-13-20(22)23-4/h10-13,16H,5-9,14-15H2,1-4H3. The summed E-state index contributed by atoms with van der Waals surface area (Å²) in [5, 5.41) is 0. The van der Waals surface area contributed by atoms with Crippen molar-refractivity contribution in [1.82, 2.24) is 0 Å². The molecule has 28 heavy (non-hydrogen) atoms. The Bertz CT molecular complexity index is 606. The minimum Gasteiger partial charge on any atom is -0.490 e. The van der Waals surface area contributed by atoms with Crippen LogP contribution >= 0.6 is 0 Å². The van der Waals surface area contributed by atoms with E-state index in [1.807, 2.05) is 20.8 Å². The minimum atomic E-state index is -2.65. The van der Waals surface area contributed by atoms with Crippen LogP contribution in [0.5, 0.6) is 5.75 Å². The van der Waals surface area contributed by atoms with E-state index in [2.05, 4.69) is 4.74 Å². The topological polar surface area (TPSA) is 63.2 Å². The average Bonchev–Trinajstić information content (AvgIpc) is 2.68. The van der Waals surface area contributed by atoms with Crippen molar-refractivity contribution in [1.29, 1.82) is 0 Å². The number of carbonyl (C=O) groups excluding carboxylic acids is 1. The Labute approximate surface area is 167 Å². The molecule has 0 aromatic heterocycles. The first kappa shape index (κ1) is 24.3. The van der Waals surface area contributed by atoms with Gasteiger partial charge < -0.3 is 22.8 Å². The summed E-state index contributed by atoms with van der Waals surface area (Å²) in [5.41, 5.74) is 0.650. The van der Waals surface area contributed by atoms with E-state index in [0.29, 0.717) is 44.5 Å². The number of hydrogen-bond donors (Lipinski definition) is 0. The predicted molar refractivity (Wildman–Crippen MR) is 108 cm³/mol. The first-order valence-electron chi connectivity index (χ1n) is 9.60. The lowest BCUT2D eigenvalue weighted by Crippen LogP contribution is -2.45. The molecular weight excluding hydrogens is 383 g/mol. The molecule has 1 rings (SSSR count). The number of methoxy groups -OCH3 is 1. The Balaban J connectivity index is 2.56. The molecule has 0 saturated heterocycles. The molecule has 0 aliphatic carbocycles. The van der Waals surface area contributed by atoms with Gasteiger partial charge in [0.05, 0.1) is 13.7 Å². The van der Waals surface area contributed by atoms with Crippen LogP contribution in [0.15, 0.2) is 24.3 Å². The fourth-order valence-electron chi connectivity index (χ4n) is 2.59. The number of carbonyl (C=O) groups is 1. The minimum absolute atomic E-state index is 0.148. The molecule has 0 fully saturated rings. The van der Waals surface area contributed by atoms with Gasteiger partial charge in [0, 0.05) is 31.9 Å². The smallest absolute Gasteiger partial charge is 0.490 e. The van der Waals surface area contributed by atoms with E-state index in [1.165, 1.54) is 19.3 Å². The van der Waals surface area contributed by atoms with Crippen LogP contribution in [0.4, 0.5) is 4.39 Å². The lowest BCUT2D eigenvalue weighted by atomic mass is 10.2. The Morgan fingerprint density at radius 3 is 2.29 bits per heavy atom. The predicted octanol–water partition coefficient (Wildman–Crippen LogP) is 4.22. The third-order valence-electron chi connectivity index (χ3n) is 3.80. The Hall–Kier alpha value is -1.74. The van der Waals surface area contributed by atoms with Gasteiger partial charge in [0.1, 0.15) is 0 Å². The molecule has 0 saturated carbocycles. The van der Waals surface area contributed by atoms with Crippen LogP contribution in [0.3, 0.4) is 0 Å². The number of benzene rings is 1. The number of hydrogen-bond acceptors (Lipinski definition) is 6. The van der Waals surface area contributed by atoms with E-state index >= 15 is 0 Å². The van der Waals surface area contributed by atoms with Gasteiger partial charge in [0.25, 0.3) is 0 Å². The van der Waals surface area contributed by atoms with Crippen molar-refractivity contribution in [3.63, 3.8) is 0 Å². The first-order valence-corrected chi connectivity index (χ1v) is 11.5. The maximum atomic E-state index is 13.9. The van der Waals surface area contributed by atoms with Gasteiger partial charge in [0.15, 0.2) is 11.6 Å². The molecule has 0 N–H and O–H groups in total. The highest BCUT2D eigenvalue weighted by Gasteiger charge is 2.39. The molecule has 0 bridgehead atoms. The number of esters is 1. The van der Waals surface area contributed by atoms with E-state index in [-0.39, 0.29) is 5.75 Å². The second-order valence-electron chi connectivity index (χ2n) is 5.83. The summed E-state index contributed by atoms with van der Waals surface area (Å²) in [6, 6.07) is 5.11. The van der Waals surface area contributed by atoms with Crippen molar-refractivity contribution in [2.75, 3.05) is 33.5 Å². The summed E-state index contributed by atoms with van der Waals surface area (Å²) in [6.07, 6.45) is 4.32. The second kappa shape index (κ2) is 13.4. The van der Waals surface area contributed by atoms with E-state index in [0.717, 1.165) is 6.42 Å². The molecule has 1 aromatic rings. The Morgan fingerprint density at radius 1 is 1.07 bits per heavy atom. The average molecular weight is 415 g/mol. The molecule has 0 radical (unpaired) electrons. The Kier molecular flexibility index (Phi) is 11.7. The fourth-order valence-corrected chi connectivity index (χ4v) is 5.28. The van der Waals surface area contributed by atoms with Crippen molar-refractivity contribution >= 4 is 20.8 Å². The first-order chi connectivity index (χ1) is 13.5. The van der Waals surface area contributed by atoms with E-state index in [9.17, 15) is 9.18 Å². The zero-order valence-corrected chi connectivity index (χ0v) is 18.2. The highest BCUT2D eigenvalue weighted by Crippen LogP contribution is 2.22. The van der Waals surface area contributed by atoms with Gasteiger partial charge in [-0.25, -0.2) is 9.18 Å². The van der Waals surface area contributed by atoms with Gasteiger partial charge >= 0.3 is 14.8 Å². The maximum Gasteiger partial charge on any atom is 0.500 e. The molecule has 0 atom stereocenters. The summed E-state index contributed by atoms with van der Waals surface area (Å²) in [6.45, 7) is 7.75. The van der Waals surface area contributed by atoms with Gasteiger partial charge in [-0.1, -0.05) is 6.07 Å². The van der Waals surface area contributed by atoms with E-state index in [4.69, 9.17) is 18.0 Å². The largest absolute Gasteiger partial charge is 0.500 e. The monoisotopic (exact) mass is 414 g/mol. The van der Waals surface area contributed by atoms with Crippen molar-refractivity contribution in [3.8, 4) is 5.75 Å². The van der Waals surface area contributed by atoms with Crippen LogP contribution in [0.25, 0.3) is 6.08 Å². The third-order valence-corrected chi connectivity index (χ3v) is 6.95. The molecule has 0 amide bonds. The van der Waals surface area contributed by atoms with Crippen molar-refractivity contribution < 1.29 is 31.9 Å². The van der Waals surface area contributed by atoms with Crippen molar-refractivity contribution in [2.45, 2.75) is 39.7 Å². The zero-order chi connectivity index (χ0) is 20.8. The van der Waals surface area contributed by atoms with Crippen molar-refractivity contribution in [2.24, 2.45) is 0 Å². The maximum absolute atomic E-state index is 13.9. The van der Waals surface area contributed by atoms with Crippen LogP contribution in [0.2, 0.25) is 6.04 Å². The molecule has 8 heteroatoms. The van der Waals surface area contributed by atoms with Crippen LogP contribution in [0.1, 0.15) is 39.2 Å². The molecule has 0 spiro atoms. The van der Waals surface area contributed by atoms with Crippen LogP contribution < -0.4 is 4.74 Å². The molecule has 0 aliphatic rings. The SMILES string of the molecule is CCO[Si](CCCCOc1cc(C=CC(=O)OC)ccc1F)(OCC)OCC. The van der Waals surface area contributed by atoms with Crippen molar-refractivity contribution in [3.05, 3.63) is 35.7 Å². The number of rotatable bonds is 14. The molecule has 1 aromatic carbocycles. The number of unbranched alkanes of at least 4 members (excludes halogenated alkanes) is 1. The quantitative estimate of drug-likeness (QED) is 0.197. The number of ether oxygens (including phenoxy) is 2. The summed E-state index contributed by atoms with van der Waals surface area (Å²) >= 11 is 0. The van der Waals surface area contributed by atoms with E-state index < -0.39 is 20.6 Å². The van der Waals surface area contributed by atoms with Crippen LogP contribution in [-0.4, -0.2) is 48.3 Å². The summed E-state index contributed by atoms with van der Waals surface area (Å²) in [4.78, 5) is 11.2. The summed E-state index contributed by atoms with van der Waals surface area (Å²) in [5.74, 6) is -0.774. The van der Waals surface area contributed by atoms with Crippen LogP contribution in [0, 0.1) is 5.82 Å². The zero-order valence-electron chi connectivity index (χ0n) is 17.2. The fraction of sp³-hybridized carbons (Fsp3) is 0.550. The van der Waals surface area contributed by atoms with Crippen LogP contribution in [-0.2, 0) is 22.8 Å². The molecular formula is C20H31FO6Si. The third kappa shape index (κ3) is 8.51. The summed E-state index contributed by atoms with van der Waals surface area (Å²) < 4.78 is 41.5. The van der Waals surface area contributed by atoms with Gasteiger partial charge in [-0.2, -0.15) is 0 Å². The molecule has 0 heterocycles. The van der Waals surface area contributed by atoms with Gasteiger partial charge in [-0.15, -0.1) is 0 Å². The Morgan fingerprint density at radius 2 is 1.71 bits per heavy atom. The van der Waals surface area contributed by atoms with Gasteiger partial charge in [-0.05, 0) is 57.4 Å². The number of halogens is 1. The van der Waals surface area contributed by atoms with Gasteiger partial charge in [0.2, 0.25) is 0 Å². The lowest BCUT2D eigenvalue weighted by Gasteiger charge is -2.28. The highest BCUT2D eigenvalue weighted by molar-refractivity contribution is 6.60. The lowest BCUT2D eigenvalue weighted by molar-refractivity contribution is -0.134. The molecule has 6 nitrogen and oxygen atoms in total. The molecule has 158 valence electrons.